The van der Waals surface area contributed by atoms with Crippen molar-refractivity contribution in [3.8, 4) is 0 Å². The Hall–Kier alpha value is -3.33. The number of fused-ring (bicyclic) bond motifs is 1. The average Bonchev–Trinajstić information content (AvgIpc) is 3.18. The van der Waals surface area contributed by atoms with Crippen LogP contribution in [0.15, 0.2) is 77.3 Å². The first-order valence-electron chi connectivity index (χ1n) is 10.5. The van der Waals surface area contributed by atoms with Crippen molar-refractivity contribution in [3.63, 3.8) is 0 Å². The maximum atomic E-state index is 13.2. The van der Waals surface area contributed by atoms with E-state index in [1.807, 2.05) is 30.3 Å². The lowest BCUT2D eigenvalue weighted by atomic mass is 10.1. The highest BCUT2D eigenvalue weighted by Crippen LogP contribution is 2.27. The molecule has 0 unspecified atom stereocenters. The number of carbonyl (C=O) groups excluding carboxylic acids is 3. The third-order valence-corrected chi connectivity index (χ3v) is 6.28. The summed E-state index contributed by atoms with van der Waals surface area (Å²) in [6.45, 7) is 1.78. The molecule has 0 fully saturated rings. The molecule has 3 aromatic carbocycles. The van der Waals surface area contributed by atoms with Gasteiger partial charge < -0.3 is 10.6 Å². The molecule has 1 atom stereocenters. The van der Waals surface area contributed by atoms with Gasteiger partial charge in [-0.1, -0.05) is 69.5 Å². The second-order valence-electron chi connectivity index (χ2n) is 7.69. The van der Waals surface area contributed by atoms with Crippen LogP contribution in [0, 0.1) is 0 Å². The molecule has 0 bridgehead atoms. The lowest BCUT2D eigenvalue weighted by molar-refractivity contribution is -0.137. The predicted octanol–water partition coefficient (Wildman–Crippen LogP) is 5.91. The summed E-state index contributed by atoms with van der Waals surface area (Å²) >= 11 is 15.5. The molecule has 10 heteroatoms. The molecule has 0 aliphatic heterocycles. The van der Waals surface area contributed by atoms with Gasteiger partial charge in [0.1, 0.15) is 5.69 Å². The molecular formula is C25H19BrCl2N4O3. The summed E-state index contributed by atoms with van der Waals surface area (Å²) in [6.07, 6.45) is 0. The quantitative estimate of drug-likeness (QED) is 0.259. The molecule has 178 valence electrons. The molecule has 4 rings (SSSR count). The number of hydrogen-bond acceptors (Lipinski definition) is 3. The fraction of sp³-hybridized carbons (Fsp3) is 0.0800. The van der Waals surface area contributed by atoms with Gasteiger partial charge in [-0.05, 0) is 55.0 Å². The molecule has 4 aromatic rings. The molecule has 0 aliphatic rings. The van der Waals surface area contributed by atoms with Crippen LogP contribution in [0.25, 0.3) is 10.9 Å². The average molecular weight is 574 g/mol. The summed E-state index contributed by atoms with van der Waals surface area (Å²) in [4.78, 5) is 38.6. The van der Waals surface area contributed by atoms with Crippen molar-refractivity contribution in [2.75, 3.05) is 10.7 Å². The Morgan fingerprint density at radius 2 is 1.66 bits per heavy atom. The lowest BCUT2D eigenvalue weighted by Crippen LogP contribution is -2.40. The van der Waals surface area contributed by atoms with E-state index in [0.717, 1.165) is 10.0 Å². The molecule has 0 saturated carbocycles. The van der Waals surface area contributed by atoms with Crippen molar-refractivity contribution in [1.29, 1.82) is 0 Å². The van der Waals surface area contributed by atoms with Gasteiger partial charge in [-0.15, -0.1) is 0 Å². The van der Waals surface area contributed by atoms with E-state index in [1.165, 1.54) is 10.7 Å². The Labute approximate surface area is 219 Å². The Morgan fingerprint density at radius 3 is 2.37 bits per heavy atom. The Kier molecular flexibility index (Phi) is 7.45. The lowest BCUT2D eigenvalue weighted by Gasteiger charge is -2.16. The largest absolute Gasteiger partial charge is 0.341 e. The van der Waals surface area contributed by atoms with Gasteiger partial charge in [-0.25, -0.2) is 4.68 Å². The number of carbonyl (C=O) groups is 3. The zero-order chi connectivity index (χ0) is 25.1. The highest BCUT2D eigenvalue weighted by molar-refractivity contribution is 9.10. The second kappa shape index (κ2) is 10.5. The van der Waals surface area contributed by atoms with Crippen molar-refractivity contribution < 1.29 is 14.4 Å². The molecule has 3 amide bonds. The monoisotopic (exact) mass is 572 g/mol. The molecule has 0 saturated heterocycles. The van der Waals surface area contributed by atoms with Gasteiger partial charge >= 0.3 is 11.8 Å². The highest BCUT2D eigenvalue weighted by Gasteiger charge is 2.22. The summed E-state index contributed by atoms with van der Waals surface area (Å²) in [6, 6.07) is 20.4. The Balaban J connectivity index is 1.60. The zero-order valence-corrected chi connectivity index (χ0v) is 21.4. The molecule has 1 heterocycles. The molecule has 7 nitrogen and oxygen atoms in total. The van der Waals surface area contributed by atoms with E-state index in [0.29, 0.717) is 21.6 Å². The van der Waals surface area contributed by atoms with Crippen LogP contribution in [0.1, 0.15) is 29.0 Å². The van der Waals surface area contributed by atoms with E-state index in [2.05, 4.69) is 32.0 Å². The van der Waals surface area contributed by atoms with Crippen molar-refractivity contribution in [2.24, 2.45) is 0 Å². The van der Waals surface area contributed by atoms with Crippen LogP contribution < -0.4 is 16.1 Å². The van der Waals surface area contributed by atoms with Crippen molar-refractivity contribution in [1.82, 2.24) is 9.99 Å². The maximum Gasteiger partial charge on any atom is 0.328 e. The van der Waals surface area contributed by atoms with Gasteiger partial charge in [0, 0.05) is 14.9 Å². The predicted molar refractivity (Wildman–Crippen MR) is 141 cm³/mol. The van der Waals surface area contributed by atoms with Gasteiger partial charge in [0.05, 0.1) is 22.3 Å². The number of anilines is 1. The number of nitrogens with zero attached hydrogens (tertiary/aromatic N) is 1. The first-order chi connectivity index (χ1) is 16.7. The number of rotatable bonds is 5. The Bertz CT molecular complexity index is 1440. The number of nitrogens with one attached hydrogen (secondary N) is 3. The minimum Gasteiger partial charge on any atom is -0.341 e. The van der Waals surface area contributed by atoms with E-state index >= 15 is 0 Å². The molecule has 0 aliphatic carbocycles. The number of hydrogen-bond donors (Lipinski definition) is 3. The van der Waals surface area contributed by atoms with Crippen molar-refractivity contribution in [3.05, 3.63) is 98.6 Å². The van der Waals surface area contributed by atoms with E-state index in [1.54, 1.807) is 43.3 Å². The first-order valence-corrected chi connectivity index (χ1v) is 12.0. The minimum absolute atomic E-state index is 0.0985. The third-order valence-electron chi connectivity index (χ3n) is 5.24. The van der Waals surface area contributed by atoms with Crippen LogP contribution in [-0.2, 0) is 9.59 Å². The molecule has 3 N–H and O–H groups in total. The fourth-order valence-corrected chi connectivity index (χ4v) is 4.33. The first kappa shape index (κ1) is 24.8. The van der Waals surface area contributed by atoms with E-state index < -0.39 is 17.7 Å². The van der Waals surface area contributed by atoms with Crippen molar-refractivity contribution >= 4 is 73.4 Å². The van der Waals surface area contributed by atoms with Gasteiger partial charge in [-0.2, -0.15) is 0 Å². The zero-order valence-electron chi connectivity index (χ0n) is 18.3. The van der Waals surface area contributed by atoms with Crippen LogP contribution in [0.5, 0.6) is 0 Å². The van der Waals surface area contributed by atoms with Crippen molar-refractivity contribution in [2.45, 2.75) is 13.0 Å². The normalized spacial score (nSPS) is 11.7. The van der Waals surface area contributed by atoms with Gasteiger partial charge in [-0.3, -0.25) is 19.8 Å². The van der Waals surface area contributed by atoms with Crippen LogP contribution in [0.4, 0.5) is 5.69 Å². The number of aromatic nitrogens is 1. The molecule has 1 aromatic heterocycles. The van der Waals surface area contributed by atoms with Crippen LogP contribution >= 0.6 is 39.1 Å². The van der Waals surface area contributed by atoms with Crippen LogP contribution in [0.2, 0.25) is 10.0 Å². The topological polar surface area (TPSA) is 92.2 Å². The standard InChI is InChI=1S/C25H19BrCl2N4O3/c1-14(15-5-3-2-4-6-15)29-24(34)25(35)31-32-21-10-7-17(26)11-16(21)12-22(32)23(33)30-20-9-8-18(27)13-19(20)28/h2-14H,1H3,(H,29,34)(H,30,33)(H,31,35)/t14-/m1/s1. The van der Waals surface area contributed by atoms with E-state index in [9.17, 15) is 14.4 Å². The molecular weight excluding hydrogens is 555 g/mol. The molecule has 0 spiro atoms. The summed E-state index contributed by atoms with van der Waals surface area (Å²) in [5.74, 6) is -2.31. The second-order valence-corrected chi connectivity index (χ2v) is 9.45. The summed E-state index contributed by atoms with van der Waals surface area (Å²) in [5, 5.41) is 6.73. The number of halogens is 3. The smallest absolute Gasteiger partial charge is 0.328 e. The molecule has 0 radical (unpaired) electrons. The van der Waals surface area contributed by atoms with E-state index in [-0.39, 0.29) is 16.8 Å². The van der Waals surface area contributed by atoms with Gasteiger partial charge in [0.15, 0.2) is 0 Å². The maximum absolute atomic E-state index is 13.2. The van der Waals surface area contributed by atoms with Gasteiger partial charge in [0.2, 0.25) is 0 Å². The minimum atomic E-state index is -0.924. The number of benzene rings is 3. The third kappa shape index (κ3) is 5.67. The summed E-state index contributed by atoms with van der Waals surface area (Å²) < 4.78 is 2.06. The fourth-order valence-electron chi connectivity index (χ4n) is 3.49. The number of amides is 3. The van der Waals surface area contributed by atoms with Crippen LogP contribution in [0.3, 0.4) is 0 Å². The summed E-state index contributed by atoms with van der Waals surface area (Å²) in [5.41, 5.74) is 4.36. The van der Waals surface area contributed by atoms with Crippen LogP contribution in [-0.4, -0.2) is 22.4 Å². The molecule has 35 heavy (non-hydrogen) atoms. The van der Waals surface area contributed by atoms with Gasteiger partial charge in [0.25, 0.3) is 5.91 Å². The van der Waals surface area contributed by atoms with E-state index in [4.69, 9.17) is 23.2 Å². The summed E-state index contributed by atoms with van der Waals surface area (Å²) in [7, 11) is 0. The SMILES string of the molecule is C[C@@H](NC(=O)C(=O)Nn1c(C(=O)Nc2ccc(Cl)cc2Cl)cc2cc(Br)ccc21)c1ccccc1. The highest BCUT2D eigenvalue weighted by atomic mass is 79.9. The Morgan fingerprint density at radius 1 is 0.914 bits per heavy atom.